The maximum Gasteiger partial charge on any atom is 0.244 e. The van der Waals surface area contributed by atoms with E-state index in [-0.39, 0.29) is 4.90 Å². The topological polar surface area (TPSA) is 55.8 Å². The monoisotopic (exact) mass is 361 g/mol. The lowest BCUT2D eigenvalue weighted by Gasteiger charge is -2.18. The first kappa shape index (κ1) is 15.3. The van der Waals surface area contributed by atoms with Crippen LogP contribution in [0, 0.1) is 0 Å². The lowest BCUT2D eigenvalue weighted by molar-refractivity contribution is 0.353. The van der Waals surface area contributed by atoms with E-state index in [0.717, 1.165) is 5.57 Å². The Balaban J connectivity index is 2.47. The summed E-state index contributed by atoms with van der Waals surface area (Å²) in [4.78, 5) is 0.179. The zero-order valence-electron chi connectivity index (χ0n) is 11.5. The van der Waals surface area contributed by atoms with Crippen LogP contribution in [-0.2, 0) is 10.0 Å². The number of ether oxygens (including phenoxy) is 2. The van der Waals surface area contributed by atoms with Crippen molar-refractivity contribution in [2.45, 2.75) is 11.8 Å². The molecule has 5 nitrogen and oxygen atoms in total. The van der Waals surface area contributed by atoms with Gasteiger partial charge in [0.15, 0.2) is 11.5 Å². The van der Waals surface area contributed by atoms with E-state index in [2.05, 4.69) is 15.9 Å². The molecule has 0 aromatic heterocycles. The third kappa shape index (κ3) is 2.70. The molecule has 1 heterocycles. The molecule has 1 aromatic carbocycles. The van der Waals surface area contributed by atoms with E-state index in [4.69, 9.17) is 9.47 Å². The summed E-state index contributed by atoms with van der Waals surface area (Å²) in [5.74, 6) is 0.868. The lowest BCUT2D eigenvalue weighted by atomic mass is 10.3. The molecule has 0 fully saturated rings. The second-order valence-corrected chi connectivity index (χ2v) is 7.25. The largest absolute Gasteiger partial charge is 0.493 e. The molecule has 0 amide bonds. The van der Waals surface area contributed by atoms with Crippen LogP contribution in [-0.4, -0.2) is 40.0 Å². The Kier molecular flexibility index (Phi) is 4.41. The van der Waals surface area contributed by atoms with E-state index in [1.807, 2.05) is 13.0 Å². The van der Waals surface area contributed by atoms with Gasteiger partial charge in [-0.2, -0.15) is 4.31 Å². The molecule has 0 saturated heterocycles. The van der Waals surface area contributed by atoms with Gasteiger partial charge in [-0.05, 0) is 28.9 Å². The molecule has 0 N–H and O–H groups in total. The highest BCUT2D eigenvalue weighted by Gasteiger charge is 2.29. The van der Waals surface area contributed by atoms with Crippen LogP contribution in [0.5, 0.6) is 11.5 Å². The number of methoxy groups -OCH3 is 2. The van der Waals surface area contributed by atoms with Gasteiger partial charge in [0, 0.05) is 23.6 Å². The minimum Gasteiger partial charge on any atom is -0.493 e. The van der Waals surface area contributed by atoms with Crippen molar-refractivity contribution in [1.82, 2.24) is 4.31 Å². The van der Waals surface area contributed by atoms with Gasteiger partial charge in [0.1, 0.15) is 4.90 Å². The van der Waals surface area contributed by atoms with Crippen LogP contribution in [0.25, 0.3) is 0 Å². The summed E-state index contributed by atoms with van der Waals surface area (Å²) in [5, 5.41) is 0. The Morgan fingerprint density at radius 2 is 1.80 bits per heavy atom. The predicted molar refractivity (Wildman–Crippen MR) is 79.8 cm³/mol. The third-order valence-electron chi connectivity index (χ3n) is 3.13. The van der Waals surface area contributed by atoms with E-state index in [9.17, 15) is 8.42 Å². The Morgan fingerprint density at radius 3 is 2.30 bits per heavy atom. The number of rotatable bonds is 4. The molecule has 1 aromatic rings. The molecule has 0 saturated carbocycles. The molecule has 1 aliphatic rings. The zero-order valence-corrected chi connectivity index (χ0v) is 13.9. The van der Waals surface area contributed by atoms with Gasteiger partial charge < -0.3 is 9.47 Å². The van der Waals surface area contributed by atoms with E-state index in [1.165, 1.54) is 24.6 Å². The molecule has 0 aliphatic carbocycles. The van der Waals surface area contributed by atoms with Crippen molar-refractivity contribution >= 4 is 26.0 Å². The minimum atomic E-state index is -3.56. The summed E-state index contributed by atoms with van der Waals surface area (Å²) >= 11 is 3.29. The number of nitrogens with zero attached hydrogens (tertiary/aromatic N) is 1. The number of hydrogen-bond donors (Lipinski definition) is 0. The van der Waals surface area contributed by atoms with Gasteiger partial charge in [0.05, 0.1) is 14.2 Å². The van der Waals surface area contributed by atoms with Gasteiger partial charge in [-0.15, -0.1) is 0 Å². The summed E-state index contributed by atoms with van der Waals surface area (Å²) in [6.45, 7) is 2.73. The summed E-state index contributed by atoms with van der Waals surface area (Å²) < 4.78 is 37.5. The number of sulfonamides is 1. The first-order valence-electron chi connectivity index (χ1n) is 5.97. The highest BCUT2D eigenvalue weighted by molar-refractivity contribution is 9.10. The molecule has 0 radical (unpaired) electrons. The normalized spacial score (nSPS) is 16.1. The SMILES string of the molecule is COc1cc(Br)c(S(=O)(=O)N2CC=C(C)C2)cc1OC. The highest BCUT2D eigenvalue weighted by atomic mass is 79.9. The van der Waals surface area contributed by atoms with Gasteiger partial charge in [-0.1, -0.05) is 11.6 Å². The standard InChI is InChI=1S/C13H16BrNO4S/c1-9-4-5-15(8-9)20(16,17)13-7-12(19-3)11(18-2)6-10(13)14/h4,6-7H,5,8H2,1-3H3. The fourth-order valence-electron chi connectivity index (χ4n) is 2.02. The summed E-state index contributed by atoms with van der Waals surface area (Å²) in [6, 6.07) is 3.08. The zero-order chi connectivity index (χ0) is 14.9. The van der Waals surface area contributed by atoms with Crippen molar-refractivity contribution < 1.29 is 17.9 Å². The van der Waals surface area contributed by atoms with Gasteiger partial charge in [-0.3, -0.25) is 0 Å². The van der Waals surface area contributed by atoms with Crippen LogP contribution in [0.4, 0.5) is 0 Å². The molecule has 0 atom stereocenters. The van der Waals surface area contributed by atoms with Crippen LogP contribution in [0.15, 0.2) is 33.2 Å². The van der Waals surface area contributed by atoms with Crippen molar-refractivity contribution in [3.63, 3.8) is 0 Å². The Hall–Kier alpha value is -1.05. The second-order valence-electron chi connectivity index (χ2n) is 4.49. The molecular formula is C13H16BrNO4S. The van der Waals surface area contributed by atoms with Gasteiger partial charge in [0.25, 0.3) is 0 Å². The van der Waals surface area contributed by atoms with Crippen LogP contribution < -0.4 is 9.47 Å². The van der Waals surface area contributed by atoms with E-state index < -0.39 is 10.0 Å². The van der Waals surface area contributed by atoms with Crippen molar-refractivity contribution in [2.24, 2.45) is 0 Å². The first-order valence-corrected chi connectivity index (χ1v) is 8.20. The molecule has 20 heavy (non-hydrogen) atoms. The van der Waals surface area contributed by atoms with Crippen molar-refractivity contribution in [2.75, 3.05) is 27.3 Å². The minimum absolute atomic E-state index is 0.179. The van der Waals surface area contributed by atoms with Crippen molar-refractivity contribution in [3.8, 4) is 11.5 Å². The smallest absolute Gasteiger partial charge is 0.244 e. The summed E-state index contributed by atoms with van der Waals surface area (Å²) in [6.07, 6.45) is 1.91. The van der Waals surface area contributed by atoms with Crippen LogP contribution in [0.2, 0.25) is 0 Å². The van der Waals surface area contributed by atoms with Crippen molar-refractivity contribution in [1.29, 1.82) is 0 Å². The molecule has 110 valence electrons. The third-order valence-corrected chi connectivity index (χ3v) is 5.90. The predicted octanol–water partition coefficient (Wildman–Crippen LogP) is 2.42. The molecular weight excluding hydrogens is 346 g/mol. The van der Waals surface area contributed by atoms with E-state index in [0.29, 0.717) is 29.1 Å². The molecule has 0 bridgehead atoms. The molecule has 0 spiro atoms. The highest BCUT2D eigenvalue weighted by Crippen LogP contribution is 2.37. The quantitative estimate of drug-likeness (QED) is 0.772. The van der Waals surface area contributed by atoms with Gasteiger partial charge >= 0.3 is 0 Å². The average molecular weight is 362 g/mol. The molecule has 7 heteroatoms. The first-order chi connectivity index (χ1) is 9.40. The van der Waals surface area contributed by atoms with Crippen molar-refractivity contribution in [3.05, 3.63) is 28.3 Å². The van der Waals surface area contributed by atoms with Crippen LogP contribution in [0.3, 0.4) is 0 Å². The maximum absolute atomic E-state index is 12.6. The Morgan fingerprint density at radius 1 is 1.20 bits per heavy atom. The molecule has 1 aliphatic heterocycles. The van der Waals surface area contributed by atoms with E-state index >= 15 is 0 Å². The Labute approximate surface area is 127 Å². The van der Waals surface area contributed by atoms with Gasteiger partial charge in [0.2, 0.25) is 10.0 Å². The summed E-state index contributed by atoms with van der Waals surface area (Å²) in [7, 11) is -0.579. The molecule has 0 unspecified atom stereocenters. The number of hydrogen-bond acceptors (Lipinski definition) is 4. The maximum atomic E-state index is 12.6. The summed E-state index contributed by atoms with van der Waals surface area (Å²) in [5.41, 5.74) is 1.05. The van der Waals surface area contributed by atoms with Crippen LogP contribution in [0.1, 0.15) is 6.92 Å². The second kappa shape index (κ2) is 5.75. The fraction of sp³-hybridized carbons (Fsp3) is 0.385. The number of benzene rings is 1. The fourth-order valence-corrected chi connectivity index (χ4v) is 4.44. The lowest BCUT2D eigenvalue weighted by Crippen LogP contribution is -2.29. The van der Waals surface area contributed by atoms with E-state index in [1.54, 1.807) is 6.07 Å². The van der Waals surface area contributed by atoms with Crippen LogP contribution >= 0.6 is 15.9 Å². The Bertz CT molecular complexity index is 655. The number of halogens is 1. The average Bonchev–Trinajstić information content (AvgIpc) is 2.85. The molecule has 2 rings (SSSR count). The van der Waals surface area contributed by atoms with Gasteiger partial charge in [-0.25, -0.2) is 8.42 Å².